The van der Waals surface area contributed by atoms with Crippen molar-refractivity contribution in [3.8, 4) is 5.75 Å². The van der Waals surface area contributed by atoms with E-state index in [1.54, 1.807) is 0 Å². The summed E-state index contributed by atoms with van der Waals surface area (Å²) in [6.45, 7) is 4.08. The molecule has 0 aromatic heterocycles. The highest BCUT2D eigenvalue weighted by atomic mass is 19.1. The number of amides is 1. The second-order valence-corrected chi connectivity index (χ2v) is 5.05. The van der Waals surface area contributed by atoms with E-state index in [0.717, 1.165) is 19.3 Å². The largest absolute Gasteiger partial charge is 0.496 e. The van der Waals surface area contributed by atoms with E-state index in [2.05, 4.69) is 6.92 Å². The van der Waals surface area contributed by atoms with Crippen LogP contribution in [0.15, 0.2) is 18.2 Å². The number of rotatable bonds is 5. The molecule has 0 aliphatic heterocycles. The Morgan fingerprint density at radius 3 is 2.74 bits per heavy atom. The fraction of sp³-hybridized carbons (Fsp3) is 0.533. The molecular weight excluding hydrogens is 245 g/mol. The molecule has 0 bridgehead atoms. The minimum absolute atomic E-state index is 0.131. The van der Waals surface area contributed by atoms with Crippen molar-refractivity contribution in [2.75, 3.05) is 7.11 Å². The Kier molecular flexibility index (Phi) is 4.08. The van der Waals surface area contributed by atoms with E-state index in [-0.39, 0.29) is 11.9 Å². The van der Waals surface area contributed by atoms with Gasteiger partial charge in [0, 0.05) is 12.1 Å². The molecule has 0 saturated heterocycles. The molecule has 1 fully saturated rings. The zero-order valence-electron chi connectivity index (χ0n) is 11.6. The first-order valence-corrected chi connectivity index (χ1v) is 6.74. The second kappa shape index (κ2) is 5.59. The maximum Gasteiger partial charge on any atom is 0.258 e. The minimum atomic E-state index is -0.413. The van der Waals surface area contributed by atoms with Crippen LogP contribution in [-0.4, -0.2) is 30.0 Å². The summed E-state index contributed by atoms with van der Waals surface area (Å²) in [6, 6.07) is 4.53. The summed E-state index contributed by atoms with van der Waals surface area (Å²) in [5, 5.41) is 0. The van der Waals surface area contributed by atoms with Crippen LogP contribution in [0.4, 0.5) is 4.39 Å². The summed E-state index contributed by atoms with van der Waals surface area (Å²) < 4.78 is 18.6. The highest BCUT2D eigenvalue weighted by Crippen LogP contribution is 2.32. The van der Waals surface area contributed by atoms with Gasteiger partial charge in [-0.2, -0.15) is 0 Å². The molecule has 0 heterocycles. The molecule has 1 aromatic rings. The van der Waals surface area contributed by atoms with Gasteiger partial charge in [0.15, 0.2) is 0 Å². The van der Waals surface area contributed by atoms with Crippen LogP contribution in [0.25, 0.3) is 0 Å². The van der Waals surface area contributed by atoms with Crippen molar-refractivity contribution in [1.82, 2.24) is 4.90 Å². The zero-order chi connectivity index (χ0) is 14.0. The van der Waals surface area contributed by atoms with Gasteiger partial charge in [-0.3, -0.25) is 4.79 Å². The molecule has 1 saturated carbocycles. The van der Waals surface area contributed by atoms with Crippen molar-refractivity contribution in [2.45, 2.75) is 45.2 Å². The van der Waals surface area contributed by atoms with Crippen LogP contribution in [0.3, 0.4) is 0 Å². The molecule has 104 valence electrons. The van der Waals surface area contributed by atoms with Crippen LogP contribution in [0, 0.1) is 5.82 Å². The van der Waals surface area contributed by atoms with Gasteiger partial charge in [0.05, 0.1) is 12.7 Å². The Balaban J connectivity index is 2.33. The van der Waals surface area contributed by atoms with Crippen LogP contribution in [0.2, 0.25) is 0 Å². The standard InChI is InChI=1S/C15H20FNO2/c1-4-10(2)17(12-6-7-12)15(18)13-9-11(16)5-8-14(13)19-3/h5,8-10,12H,4,6-7H2,1-3H3. The van der Waals surface area contributed by atoms with Gasteiger partial charge >= 0.3 is 0 Å². The summed E-state index contributed by atoms with van der Waals surface area (Å²) in [5.41, 5.74) is 0.315. The third kappa shape index (κ3) is 2.88. The van der Waals surface area contributed by atoms with E-state index in [0.29, 0.717) is 17.4 Å². The summed E-state index contributed by atoms with van der Waals surface area (Å²) in [6.07, 6.45) is 2.96. The highest BCUT2D eigenvalue weighted by Gasteiger charge is 2.36. The van der Waals surface area contributed by atoms with Crippen molar-refractivity contribution >= 4 is 5.91 Å². The van der Waals surface area contributed by atoms with Crippen molar-refractivity contribution in [3.05, 3.63) is 29.6 Å². The summed E-state index contributed by atoms with van der Waals surface area (Å²) in [7, 11) is 1.49. The van der Waals surface area contributed by atoms with Gasteiger partial charge in [0.25, 0.3) is 5.91 Å². The predicted octanol–water partition coefficient (Wildman–Crippen LogP) is 3.24. The van der Waals surface area contributed by atoms with Crippen LogP contribution in [-0.2, 0) is 0 Å². The van der Waals surface area contributed by atoms with Crippen molar-refractivity contribution < 1.29 is 13.9 Å². The second-order valence-electron chi connectivity index (χ2n) is 5.05. The van der Waals surface area contributed by atoms with Gasteiger partial charge in [-0.05, 0) is 44.4 Å². The van der Waals surface area contributed by atoms with Crippen molar-refractivity contribution in [3.63, 3.8) is 0 Å². The average Bonchev–Trinajstić information content (AvgIpc) is 3.23. The fourth-order valence-corrected chi connectivity index (χ4v) is 2.26. The lowest BCUT2D eigenvalue weighted by Crippen LogP contribution is -2.40. The normalized spacial score (nSPS) is 16.0. The molecule has 1 aromatic carbocycles. The van der Waals surface area contributed by atoms with E-state index in [9.17, 15) is 9.18 Å². The maximum absolute atomic E-state index is 13.4. The minimum Gasteiger partial charge on any atom is -0.496 e. The smallest absolute Gasteiger partial charge is 0.258 e. The monoisotopic (exact) mass is 265 g/mol. The summed E-state index contributed by atoms with van der Waals surface area (Å²) in [4.78, 5) is 14.5. The third-order valence-corrected chi connectivity index (χ3v) is 3.63. The molecule has 2 rings (SSSR count). The SMILES string of the molecule is CCC(C)N(C(=O)c1cc(F)ccc1OC)C1CC1. The Morgan fingerprint density at radius 1 is 1.53 bits per heavy atom. The van der Waals surface area contributed by atoms with Crippen LogP contribution in [0.1, 0.15) is 43.5 Å². The lowest BCUT2D eigenvalue weighted by atomic mass is 10.1. The van der Waals surface area contributed by atoms with E-state index in [1.165, 1.54) is 25.3 Å². The van der Waals surface area contributed by atoms with Crippen LogP contribution in [0.5, 0.6) is 5.75 Å². The van der Waals surface area contributed by atoms with E-state index in [1.807, 2.05) is 11.8 Å². The first-order chi connectivity index (χ1) is 9.08. The van der Waals surface area contributed by atoms with E-state index >= 15 is 0 Å². The number of hydrogen-bond donors (Lipinski definition) is 0. The number of halogens is 1. The molecule has 3 nitrogen and oxygen atoms in total. The molecule has 1 unspecified atom stereocenters. The van der Waals surface area contributed by atoms with Gasteiger partial charge in [-0.15, -0.1) is 0 Å². The Morgan fingerprint density at radius 2 is 2.21 bits per heavy atom. The Bertz CT molecular complexity index is 471. The van der Waals surface area contributed by atoms with Crippen LogP contribution < -0.4 is 4.74 Å². The molecule has 0 spiro atoms. The highest BCUT2D eigenvalue weighted by molar-refractivity contribution is 5.97. The quantitative estimate of drug-likeness (QED) is 0.818. The van der Waals surface area contributed by atoms with E-state index < -0.39 is 5.82 Å². The van der Waals surface area contributed by atoms with E-state index in [4.69, 9.17) is 4.74 Å². The van der Waals surface area contributed by atoms with Crippen molar-refractivity contribution in [1.29, 1.82) is 0 Å². The first-order valence-electron chi connectivity index (χ1n) is 6.74. The number of nitrogens with zero attached hydrogens (tertiary/aromatic N) is 1. The molecule has 0 radical (unpaired) electrons. The molecule has 4 heteroatoms. The molecule has 1 aliphatic carbocycles. The number of methoxy groups -OCH3 is 1. The van der Waals surface area contributed by atoms with Gasteiger partial charge in [0.1, 0.15) is 11.6 Å². The van der Waals surface area contributed by atoms with Crippen molar-refractivity contribution in [2.24, 2.45) is 0 Å². The predicted molar refractivity (Wildman–Crippen MR) is 71.9 cm³/mol. The molecule has 0 N–H and O–H groups in total. The third-order valence-electron chi connectivity index (χ3n) is 3.63. The van der Waals surface area contributed by atoms with Gasteiger partial charge in [-0.1, -0.05) is 6.92 Å². The number of hydrogen-bond acceptors (Lipinski definition) is 2. The molecule has 19 heavy (non-hydrogen) atoms. The lowest BCUT2D eigenvalue weighted by Gasteiger charge is -2.29. The maximum atomic E-state index is 13.4. The number of carbonyl (C=O) groups excluding carboxylic acids is 1. The molecular formula is C15H20FNO2. The summed E-state index contributed by atoms with van der Waals surface area (Å²) in [5.74, 6) is -0.113. The molecule has 1 atom stereocenters. The molecule has 1 amide bonds. The van der Waals surface area contributed by atoms with Crippen LogP contribution >= 0.6 is 0 Å². The topological polar surface area (TPSA) is 29.5 Å². The fourth-order valence-electron chi connectivity index (χ4n) is 2.26. The first kappa shape index (κ1) is 13.8. The van der Waals surface area contributed by atoms with Gasteiger partial charge in [-0.25, -0.2) is 4.39 Å². The zero-order valence-corrected chi connectivity index (χ0v) is 11.6. The Labute approximate surface area is 113 Å². The number of carbonyl (C=O) groups is 1. The average molecular weight is 265 g/mol. The lowest BCUT2D eigenvalue weighted by molar-refractivity contribution is 0.0667. The van der Waals surface area contributed by atoms with Gasteiger partial charge in [0.2, 0.25) is 0 Å². The van der Waals surface area contributed by atoms with Gasteiger partial charge < -0.3 is 9.64 Å². The molecule has 1 aliphatic rings. The number of ether oxygens (including phenoxy) is 1. The Hall–Kier alpha value is -1.58. The number of benzene rings is 1. The summed E-state index contributed by atoms with van der Waals surface area (Å²) >= 11 is 0.